The van der Waals surface area contributed by atoms with E-state index in [1.54, 1.807) is 0 Å². The van der Waals surface area contributed by atoms with Crippen molar-refractivity contribution >= 4 is 21.6 Å². The third kappa shape index (κ3) is 5.63. The van der Waals surface area contributed by atoms with Gasteiger partial charge in [-0.25, -0.2) is 8.42 Å². The average Bonchev–Trinajstić information content (AvgIpc) is 2.62. The van der Waals surface area contributed by atoms with Gasteiger partial charge >= 0.3 is 0 Å². The molecule has 2 rings (SSSR count). The van der Waals surface area contributed by atoms with E-state index in [2.05, 4.69) is 11.4 Å². The topological polar surface area (TPSA) is 66.5 Å². The molecule has 1 amide bonds. The molecule has 30 heavy (non-hydrogen) atoms. The van der Waals surface area contributed by atoms with Gasteiger partial charge in [-0.15, -0.1) is 0 Å². The van der Waals surface area contributed by atoms with Gasteiger partial charge in [-0.1, -0.05) is 43.7 Å². The van der Waals surface area contributed by atoms with Gasteiger partial charge in [0.25, 0.3) is 0 Å². The van der Waals surface area contributed by atoms with Crippen LogP contribution < -0.4 is 9.62 Å². The van der Waals surface area contributed by atoms with Gasteiger partial charge in [0.05, 0.1) is 18.0 Å². The van der Waals surface area contributed by atoms with E-state index in [4.69, 9.17) is 0 Å². The Balaban J connectivity index is 2.42. The summed E-state index contributed by atoms with van der Waals surface area (Å²) in [7, 11) is -3.66. The summed E-state index contributed by atoms with van der Waals surface area (Å²) >= 11 is 0. The summed E-state index contributed by atoms with van der Waals surface area (Å²) in [6.07, 6.45) is 2.24. The van der Waals surface area contributed by atoms with Crippen molar-refractivity contribution in [2.75, 3.05) is 10.6 Å². The van der Waals surface area contributed by atoms with E-state index >= 15 is 0 Å². The van der Waals surface area contributed by atoms with Gasteiger partial charge in [0.1, 0.15) is 6.04 Å². The Bertz CT molecular complexity index is 995. The molecular weight excluding hydrogens is 396 g/mol. The van der Waals surface area contributed by atoms with E-state index in [1.807, 2.05) is 71.9 Å². The Hall–Kier alpha value is -2.34. The highest BCUT2D eigenvalue weighted by Crippen LogP contribution is 2.27. The fourth-order valence-electron chi connectivity index (χ4n) is 4.02. The summed E-state index contributed by atoms with van der Waals surface area (Å²) in [6.45, 7) is 11.8. The number of benzene rings is 2. The molecule has 0 radical (unpaired) electrons. The first-order valence-electron chi connectivity index (χ1n) is 10.4. The molecule has 0 heterocycles. The Morgan fingerprint density at radius 2 is 1.53 bits per heavy atom. The molecule has 6 heteroatoms. The molecule has 2 aromatic rings. The molecule has 0 fully saturated rings. The average molecular weight is 431 g/mol. The van der Waals surface area contributed by atoms with Gasteiger partial charge in [0.15, 0.2) is 0 Å². The standard InChI is InChI=1S/C24H34N2O3S/c1-8-22(21-11-10-16(3)13-19(21)6)25-24(27)23(9-2)26(30(7,28)29)20-14-17(4)12-18(5)15-20/h10-15,22-23H,8-9H2,1-7H3,(H,25,27)/t22-,23+/m0/s1. The second-order valence-electron chi connectivity index (χ2n) is 8.16. The Morgan fingerprint density at radius 1 is 0.933 bits per heavy atom. The molecule has 0 bridgehead atoms. The van der Waals surface area contributed by atoms with Crippen LogP contribution in [0.1, 0.15) is 60.5 Å². The molecule has 2 aromatic carbocycles. The molecule has 0 saturated carbocycles. The summed E-state index contributed by atoms with van der Waals surface area (Å²) in [5, 5.41) is 3.10. The lowest BCUT2D eigenvalue weighted by Gasteiger charge is -2.32. The lowest BCUT2D eigenvalue weighted by molar-refractivity contribution is -0.123. The van der Waals surface area contributed by atoms with Crippen LogP contribution in [-0.2, 0) is 14.8 Å². The first-order valence-corrected chi connectivity index (χ1v) is 12.3. The maximum Gasteiger partial charge on any atom is 0.244 e. The number of aryl methyl sites for hydroxylation is 4. The van der Waals surface area contributed by atoms with Gasteiger partial charge < -0.3 is 5.32 Å². The monoisotopic (exact) mass is 430 g/mol. The van der Waals surface area contributed by atoms with Crippen LogP contribution in [0.5, 0.6) is 0 Å². The summed E-state index contributed by atoms with van der Waals surface area (Å²) in [4.78, 5) is 13.3. The predicted octanol–water partition coefficient (Wildman–Crippen LogP) is 4.73. The van der Waals surface area contributed by atoms with Gasteiger partial charge in [0.2, 0.25) is 15.9 Å². The number of sulfonamides is 1. The maximum absolute atomic E-state index is 13.3. The molecule has 2 atom stereocenters. The van der Waals surface area contributed by atoms with E-state index < -0.39 is 16.1 Å². The second-order valence-corrected chi connectivity index (χ2v) is 10.0. The second kappa shape index (κ2) is 9.65. The minimum atomic E-state index is -3.66. The lowest BCUT2D eigenvalue weighted by atomic mass is 9.97. The molecular formula is C24H34N2O3S. The predicted molar refractivity (Wildman–Crippen MR) is 124 cm³/mol. The first-order chi connectivity index (χ1) is 14.0. The van der Waals surface area contributed by atoms with E-state index in [0.717, 1.165) is 28.5 Å². The quantitative estimate of drug-likeness (QED) is 0.658. The van der Waals surface area contributed by atoms with E-state index in [1.165, 1.54) is 9.87 Å². The fraction of sp³-hybridized carbons (Fsp3) is 0.458. The van der Waals surface area contributed by atoms with Crippen LogP contribution in [0, 0.1) is 27.7 Å². The van der Waals surface area contributed by atoms with Gasteiger partial charge in [-0.2, -0.15) is 0 Å². The molecule has 0 unspecified atom stereocenters. The molecule has 0 spiro atoms. The Labute approximate surface area is 181 Å². The first kappa shape index (κ1) is 23.9. The minimum absolute atomic E-state index is 0.173. The van der Waals surface area contributed by atoms with Gasteiger partial charge in [-0.3, -0.25) is 9.10 Å². The molecule has 0 aromatic heterocycles. The largest absolute Gasteiger partial charge is 0.347 e. The number of nitrogens with zero attached hydrogens (tertiary/aromatic N) is 1. The summed E-state index contributed by atoms with van der Waals surface area (Å²) in [6, 6.07) is 10.8. The summed E-state index contributed by atoms with van der Waals surface area (Å²) in [5.74, 6) is -0.283. The zero-order valence-corrected chi connectivity index (χ0v) is 19.9. The smallest absolute Gasteiger partial charge is 0.244 e. The number of amides is 1. The van der Waals surface area contributed by atoms with Crippen LogP contribution in [0.25, 0.3) is 0 Å². The van der Waals surface area contributed by atoms with Gasteiger partial charge in [-0.05, 0) is 74.9 Å². The maximum atomic E-state index is 13.3. The summed E-state index contributed by atoms with van der Waals surface area (Å²) in [5.41, 5.74) is 5.78. The number of carbonyl (C=O) groups excluding carboxylic acids is 1. The molecule has 0 aliphatic rings. The normalized spacial score (nSPS) is 13.6. The molecule has 1 N–H and O–H groups in total. The molecule has 0 aliphatic heterocycles. The van der Waals surface area contributed by atoms with Crippen LogP contribution in [-0.4, -0.2) is 26.6 Å². The molecule has 164 valence electrons. The molecule has 0 saturated heterocycles. The highest BCUT2D eigenvalue weighted by molar-refractivity contribution is 7.92. The summed E-state index contributed by atoms with van der Waals surface area (Å²) < 4.78 is 26.7. The van der Waals surface area contributed by atoms with E-state index in [9.17, 15) is 13.2 Å². The fourth-order valence-corrected chi connectivity index (χ4v) is 5.22. The van der Waals surface area contributed by atoms with Crippen LogP contribution in [0.2, 0.25) is 0 Å². The third-order valence-electron chi connectivity index (χ3n) is 5.32. The van der Waals surface area contributed by atoms with E-state index in [0.29, 0.717) is 18.5 Å². The van der Waals surface area contributed by atoms with E-state index in [-0.39, 0.29) is 11.9 Å². The number of nitrogens with one attached hydrogen (secondary N) is 1. The van der Waals surface area contributed by atoms with Crippen molar-refractivity contribution in [3.8, 4) is 0 Å². The van der Waals surface area contributed by atoms with Crippen molar-refractivity contribution in [2.45, 2.75) is 66.5 Å². The van der Waals surface area contributed by atoms with Crippen molar-refractivity contribution < 1.29 is 13.2 Å². The Kier molecular flexibility index (Phi) is 7.70. The molecule has 5 nitrogen and oxygen atoms in total. The number of carbonyl (C=O) groups is 1. The number of rotatable bonds is 8. The zero-order valence-electron chi connectivity index (χ0n) is 19.1. The van der Waals surface area contributed by atoms with Crippen molar-refractivity contribution in [3.63, 3.8) is 0 Å². The minimum Gasteiger partial charge on any atom is -0.347 e. The molecule has 0 aliphatic carbocycles. The van der Waals surface area contributed by atoms with Crippen molar-refractivity contribution in [3.05, 3.63) is 64.2 Å². The Morgan fingerprint density at radius 3 is 2.00 bits per heavy atom. The number of hydrogen-bond acceptors (Lipinski definition) is 3. The van der Waals surface area contributed by atoms with Crippen LogP contribution in [0.3, 0.4) is 0 Å². The SMILES string of the molecule is CC[C@H](NC(=O)[C@@H](CC)N(c1cc(C)cc(C)c1)S(C)(=O)=O)c1ccc(C)cc1C. The zero-order chi connectivity index (χ0) is 22.6. The van der Waals surface area contributed by atoms with Crippen molar-refractivity contribution in [2.24, 2.45) is 0 Å². The van der Waals surface area contributed by atoms with Crippen molar-refractivity contribution in [1.29, 1.82) is 0 Å². The highest BCUT2D eigenvalue weighted by atomic mass is 32.2. The van der Waals surface area contributed by atoms with Crippen LogP contribution in [0.15, 0.2) is 36.4 Å². The highest BCUT2D eigenvalue weighted by Gasteiger charge is 2.32. The number of anilines is 1. The lowest BCUT2D eigenvalue weighted by Crippen LogP contribution is -2.50. The van der Waals surface area contributed by atoms with Crippen LogP contribution >= 0.6 is 0 Å². The van der Waals surface area contributed by atoms with Crippen molar-refractivity contribution in [1.82, 2.24) is 5.32 Å². The number of hydrogen-bond donors (Lipinski definition) is 1. The van der Waals surface area contributed by atoms with Crippen LogP contribution in [0.4, 0.5) is 5.69 Å². The van der Waals surface area contributed by atoms with Gasteiger partial charge in [0, 0.05) is 0 Å². The third-order valence-corrected chi connectivity index (χ3v) is 6.50.